The highest BCUT2D eigenvalue weighted by Crippen LogP contribution is 2.27. The second-order valence-corrected chi connectivity index (χ2v) is 9.48. The van der Waals surface area contributed by atoms with Crippen LogP contribution in [0.5, 0.6) is 0 Å². The van der Waals surface area contributed by atoms with Crippen LogP contribution in [0.4, 0.5) is 5.69 Å². The standard InChI is InChI=1S/C27H28ClN3O/c1-17-7-10-23(28)15-25(17)30-26(32)21(16-29)14-20-13-18(2)31(19(20)3)24-11-8-22(9-12-24)27(4,5)6/h7-15H,1-6H3,(H,30,32)/b21-14-. The zero-order valence-corrected chi connectivity index (χ0v) is 20.1. The molecule has 0 fully saturated rings. The highest BCUT2D eigenvalue weighted by molar-refractivity contribution is 6.31. The van der Waals surface area contributed by atoms with Crippen LogP contribution in [-0.4, -0.2) is 10.5 Å². The Morgan fingerprint density at radius 3 is 2.31 bits per heavy atom. The van der Waals surface area contributed by atoms with Crippen LogP contribution in [0.15, 0.2) is 54.1 Å². The van der Waals surface area contributed by atoms with E-state index in [0.717, 1.165) is 28.2 Å². The second kappa shape index (κ2) is 9.06. The van der Waals surface area contributed by atoms with Gasteiger partial charge in [-0.05, 0) is 79.3 Å². The van der Waals surface area contributed by atoms with E-state index < -0.39 is 5.91 Å². The summed E-state index contributed by atoms with van der Waals surface area (Å²) in [6.45, 7) is 12.5. The number of aromatic nitrogens is 1. The molecule has 0 bridgehead atoms. The van der Waals surface area contributed by atoms with Crippen molar-refractivity contribution < 1.29 is 4.79 Å². The molecule has 1 aromatic heterocycles. The molecule has 4 nitrogen and oxygen atoms in total. The first-order valence-corrected chi connectivity index (χ1v) is 10.9. The van der Waals surface area contributed by atoms with Gasteiger partial charge in [0.25, 0.3) is 5.91 Å². The van der Waals surface area contributed by atoms with Crippen LogP contribution in [0, 0.1) is 32.1 Å². The molecule has 1 N–H and O–H groups in total. The van der Waals surface area contributed by atoms with Crippen molar-refractivity contribution >= 4 is 29.3 Å². The monoisotopic (exact) mass is 445 g/mol. The Morgan fingerprint density at radius 2 is 1.72 bits per heavy atom. The lowest BCUT2D eigenvalue weighted by Crippen LogP contribution is -2.14. The number of nitrogens with zero attached hydrogens (tertiary/aromatic N) is 2. The Kier molecular flexibility index (Phi) is 6.62. The molecule has 0 unspecified atom stereocenters. The van der Waals surface area contributed by atoms with Gasteiger partial charge in [-0.2, -0.15) is 5.26 Å². The van der Waals surface area contributed by atoms with Gasteiger partial charge < -0.3 is 9.88 Å². The van der Waals surface area contributed by atoms with Gasteiger partial charge in [0, 0.05) is 27.8 Å². The number of nitrogens with one attached hydrogen (secondary N) is 1. The molecule has 3 rings (SSSR count). The van der Waals surface area contributed by atoms with Crippen molar-refractivity contribution in [2.75, 3.05) is 5.32 Å². The highest BCUT2D eigenvalue weighted by Gasteiger charge is 2.16. The summed E-state index contributed by atoms with van der Waals surface area (Å²) in [5.41, 5.74) is 6.72. The molecule has 0 aliphatic carbocycles. The third-order valence-corrected chi connectivity index (χ3v) is 5.81. The summed E-state index contributed by atoms with van der Waals surface area (Å²) in [6.07, 6.45) is 1.64. The Bertz CT molecular complexity index is 1240. The van der Waals surface area contributed by atoms with Gasteiger partial charge in [0.05, 0.1) is 0 Å². The van der Waals surface area contributed by atoms with E-state index in [1.54, 1.807) is 18.2 Å². The predicted octanol–water partition coefficient (Wildman–Crippen LogP) is 6.90. The average molecular weight is 446 g/mol. The zero-order chi connectivity index (χ0) is 23.6. The number of hydrogen-bond donors (Lipinski definition) is 1. The molecule has 0 atom stereocenters. The minimum absolute atomic E-state index is 0.0349. The molecule has 0 saturated heterocycles. The molecular formula is C27H28ClN3O. The molecule has 0 spiro atoms. The van der Waals surface area contributed by atoms with Gasteiger partial charge in [-0.3, -0.25) is 4.79 Å². The lowest BCUT2D eigenvalue weighted by Gasteiger charge is -2.20. The topological polar surface area (TPSA) is 57.8 Å². The van der Waals surface area contributed by atoms with E-state index in [0.29, 0.717) is 10.7 Å². The van der Waals surface area contributed by atoms with Gasteiger partial charge >= 0.3 is 0 Å². The summed E-state index contributed by atoms with van der Waals surface area (Å²) in [6, 6.07) is 17.8. The minimum atomic E-state index is -0.461. The van der Waals surface area contributed by atoms with E-state index in [1.807, 2.05) is 39.0 Å². The molecule has 32 heavy (non-hydrogen) atoms. The third-order valence-electron chi connectivity index (χ3n) is 5.57. The third kappa shape index (κ3) is 4.95. The Morgan fingerprint density at radius 1 is 1.06 bits per heavy atom. The number of carbonyl (C=O) groups excluding carboxylic acids is 1. The first-order valence-electron chi connectivity index (χ1n) is 10.5. The molecule has 0 aliphatic heterocycles. The summed E-state index contributed by atoms with van der Waals surface area (Å²) in [5.74, 6) is -0.461. The first kappa shape index (κ1) is 23.4. The SMILES string of the molecule is Cc1ccc(Cl)cc1NC(=O)/C(C#N)=C\c1cc(C)n(-c2ccc(C(C)(C)C)cc2)c1C. The number of halogens is 1. The number of amides is 1. The summed E-state index contributed by atoms with van der Waals surface area (Å²) < 4.78 is 2.13. The summed E-state index contributed by atoms with van der Waals surface area (Å²) >= 11 is 6.04. The van der Waals surface area contributed by atoms with Crippen molar-refractivity contribution in [3.63, 3.8) is 0 Å². The van der Waals surface area contributed by atoms with E-state index in [1.165, 1.54) is 5.56 Å². The fourth-order valence-corrected chi connectivity index (χ4v) is 3.84. The van der Waals surface area contributed by atoms with Gasteiger partial charge in [0.1, 0.15) is 11.6 Å². The van der Waals surface area contributed by atoms with Crippen LogP contribution < -0.4 is 5.32 Å². The second-order valence-electron chi connectivity index (χ2n) is 9.04. The van der Waals surface area contributed by atoms with E-state index in [-0.39, 0.29) is 11.0 Å². The fourth-order valence-electron chi connectivity index (χ4n) is 3.66. The predicted molar refractivity (Wildman–Crippen MR) is 132 cm³/mol. The van der Waals surface area contributed by atoms with Crippen molar-refractivity contribution in [1.29, 1.82) is 5.26 Å². The maximum Gasteiger partial charge on any atom is 0.266 e. The average Bonchev–Trinajstić information content (AvgIpc) is 3.01. The molecule has 0 saturated carbocycles. The van der Waals surface area contributed by atoms with Gasteiger partial charge in [-0.1, -0.05) is 50.6 Å². The van der Waals surface area contributed by atoms with Crippen molar-refractivity contribution in [3.8, 4) is 11.8 Å². The summed E-state index contributed by atoms with van der Waals surface area (Å²) in [4.78, 5) is 12.8. The van der Waals surface area contributed by atoms with E-state index in [2.05, 4.69) is 54.9 Å². The van der Waals surface area contributed by atoms with Crippen LogP contribution in [0.3, 0.4) is 0 Å². The van der Waals surface area contributed by atoms with Crippen LogP contribution in [-0.2, 0) is 10.2 Å². The zero-order valence-electron chi connectivity index (χ0n) is 19.4. The van der Waals surface area contributed by atoms with Crippen molar-refractivity contribution in [2.45, 2.75) is 47.0 Å². The number of rotatable bonds is 4. The largest absolute Gasteiger partial charge is 0.321 e. The van der Waals surface area contributed by atoms with Crippen molar-refractivity contribution in [3.05, 3.63) is 87.2 Å². The summed E-state index contributed by atoms with van der Waals surface area (Å²) in [5, 5.41) is 13.0. The molecule has 2 aromatic carbocycles. The molecule has 1 amide bonds. The number of hydrogen-bond acceptors (Lipinski definition) is 2. The number of benzene rings is 2. The Hall–Kier alpha value is -3.29. The number of anilines is 1. The normalized spacial score (nSPS) is 11.9. The minimum Gasteiger partial charge on any atom is -0.321 e. The molecule has 0 aliphatic rings. The van der Waals surface area contributed by atoms with Crippen LogP contribution in [0.2, 0.25) is 5.02 Å². The first-order chi connectivity index (χ1) is 15.0. The maximum absolute atomic E-state index is 12.8. The van der Waals surface area contributed by atoms with E-state index in [4.69, 9.17) is 11.6 Å². The number of aryl methyl sites for hydroxylation is 2. The lowest BCUT2D eigenvalue weighted by atomic mass is 9.87. The van der Waals surface area contributed by atoms with E-state index in [9.17, 15) is 10.1 Å². The van der Waals surface area contributed by atoms with Crippen LogP contribution >= 0.6 is 11.6 Å². The lowest BCUT2D eigenvalue weighted by molar-refractivity contribution is -0.112. The van der Waals surface area contributed by atoms with Crippen LogP contribution in [0.1, 0.15) is 48.8 Å². The summed E-state index contributed by atoms with van der Waals surface area (Å²) in [7, 11) is 0. The highest BCUT2D eigenvalue weighted by atomic mass is 35.5. The molecule has 0 radical (unpaired) electrons. The molecule has 3 aromatic rings. The number of carbonyl (C=O) groups is 1. The number of nitriles is 1. The van der Waals surface area contributed by atoms with Gasteiger partial charge in [0.2, 0.25) is 0 Å². The van der Waals surface area contributed by atoms with Gasteiger partial charge in [-0.15, -0.1) is 0 Å². The Balaban J connectivity index is 1.93. The van der Waals surface area contributed by atoms with Gasteiger partial charge in [0.15, 0.2) is 0 Å². The smallest absolute Gasteiger partial charge is 0.266 e. The van der Waals surface area contributed by atoms with Crippen molar-refractivity contribution in [2.24, 2.45) is 0 Å². The molecule has 1 heterocycles. The van der Waals surface area contributed by atoms with Crippen molar-refractivity contribution in [1.82, 2.24) is 4.57 Å². The maximum atomic E-state index is 12.8. The van der Waals surface area contributed by atoms with E-state index >= 15 is 0 Å². The Labute approximate surface area is 195 Å². The molecular weight excluding hydrogens is 418 g/mol. The van der Waals surface area contributed by atoms with Crippen LogP contribution in [0.25, 0.3) is 11.8 Å². The fraction of sp³-hybridized carbons (Fsp3) is 0.259. The molecule has 5 heteroatoms. The molecule has 164 valence electrons. The van der Waals surface area contributed by atoms with Gasteiger partial charge in [-0.25, -0.2) is 0 Å². The quantitative estimate of drug-likeness (QED) is 0.350.